The van der Waals surface area contributed by atoms with Crippen molar-refractivity contribution < 1.29 is 31.1 Å². The smallest absolute Gasteiger partial charge is 0.419 e. The minimum atomic E-state index is -4.73. The van der Waals surface area contributed by atoms with Crippen molar-refractivity contribution in [2.24, 2.45) is 0 Å². The highest BCUT2D eigenvalue weighted by Gasteiger charge is 2.36. The molecule has 4 aromatic heterocycles. The summed E-state index contributed by atoms with van der Waals surface area (Å²) in [6.45, 7) is 0. The van der Waals surface area contributed by atoms with Crippen molar-refractivity contribution in [3.05, 3.63) is 54.2 Å². The molecule has 0 saturated carbocycles. The van der Waals surface area contributed by atoms with E-state index < -0.39 is 29.2 Å². The molecule has 0 aliphatic heterocycles. The second kappa shape index (κ2) is 8.11. The first-order chi connectivity index (χ1) is 15.6. The Morgan fingerprint density at radius 3 is 2.21 bits per heavy atom. The number of fused-ring (bicyclic) bond motifs is 1. The average molecular weight is 467 g/mol. The number of hydrogen-bond acceptors (Lipinski definition) is 8. The number of pyridine rings is 2. The summed E-state index contributed by atoms with van der Waals surface area (Å²) in [5.74, 6) is -0.237. The van der Waals surface area contributed by atoms with E-state index in [9.17, 15) is 26.3 Å². The number of nitrogens with zero attached hydrogens (tertiary/aromatic N) is 6. The number of hydrogen-bond donors (Lipinski definition) is 1. The molecule has 0 bridgehead atoms. The number of ether oxygens (including phenoxy) is 1. The van der Waals surface area contributed by atoms with E-state index >= 15 is 0 Å². The number of alkyl halides is 6. The van der Waals surface area contributed by atoms with E-state index in [0.29, 0.717) is 12.4 Å². The standard InChI is InChI=1S/C19H11F6N7O/c1-33-10-4-11(19(23,24)25)14(27-7-10)13-8-28-15-12(2-3-26-16(15)31-13)32-17-29-5-9(6-30-17)18(20,21)22/h2-8H,1H3,(H,26,29,30,31,32). The van der Waals surface area contributed by atoms with Crippen LogP contribution in [0.25, 0.3) is 22.6 Å². The number of aromatic nitrogens is 6. The van der Waals surface area contributed by atoms with Crippen molar-refractivity contribution in [1.29, 1.82) is 0 Å². The SMILES string of the molecule is COc1cnc(-c2cnc3c(Nc4ncc(C(F)(F)F)cn4)ccnc3n2)c(C(F)(F)F)c1. The number of methoxy groups -OCH3 is 1. The lowest BCUT2D eigenvalue weighted by atomic mass is 10.1. The zero-order chi connectivity index (χ0) is 23.8. The summed E-state index contributed by atoms with van der Waals surface area (Å²) in [5, 5.41) is 2.69. The van der Waals surface area contributed by atoms with Gasteiger partial charge in [-0.1, -0.05) is 0 Å². The Balaban J connectivity index is 1.71. The van der Waals surface area contributed by atoms with Gasteiger partial charge in [-0.05, 0) is 12.1 Å². The van der Waals surface area contributed by atoms with Gasteiger partial charge in [0, 0.05) is 18.6 Å². The van der Waals surface area contributed by atoms with Crippen molar-refractivity contribution in [2.75, 3.05) is 12.4 Å². The lowest BCUT2D eigenvalue weighted by Crippen LogP contribution is -2.10. The van der Waals surface area contributed by atoms with E-state index in [0.717, 1.165) is 18.5 Å². The molecule has 170 valence electrons. The maximum absolute atomic E-state index is 13.5. The van der Waals surface area contributed by atoms with Crippen LogP contribution in [-0.2, 0) is 12.4 Å². The number of anilines is 2. The molecule has 0 aromatic carbocycles. The minimum absolute atomic E-state index is 0.0323. The Morgan fingerprint density at radius 1 is 0.848 bits per heavy atom. The van der Waals surface area contributed by atoms with Crippen LogP contribution in [0.3, 0.4) is 0 Å². The van der Waals surface area contributed by atoms with Crippen molar-refractivity contribution in [2.45, 2.75) is 12.4 Å². The molecular weight excluding hydrogens is 456 g/mol. The predicted molar refractivity (Wildman–Crippen MR) is 102 cm³/mol. The molecule has 4 aromatic rings. The first-order valence-electron chi connectivity index (χ1n) is 8.96. The number of rotatable bonds is 4. The van der Waals surface area contributed by atoms with Gasteiger partial charge in [0.15, 0.2) is 5.65 Å². The molecule has 0 aliphatic carbocycles. The third-order valence-electron chi connectivity index (χ3n) is 4.32. The molecule has 0 amide bonds. The Labute approximate surface area is 180 Å². The van der Waals surface area contributed by atoms with Crippen LogP contribution in [0.4, 0.5) is 38.0 Å². The van der Waals surface area contributed by atoms with Crippen LogP contribution in [0.1, 0.15) is 11.1 Å². The zero-order valence-electron chi connectivity index (χ0n) is 16.4. The Morgan fingerprint density at radius 2 is 1.58 bits per heavy atom. The van der Waals surface area contributed by atoms with Gasteiger partial charge < -0.3 is 10.1 Å². The Hall–Kier alpha value is -4.10. The summed E-state index contributed by atoms with van der Waals surface area (Å²) >= 11 is 0. The molecule has 14 heteroatoms. The highest BCUT2D eigenvalue weighted by molar-refractivity contribution is 5.87. The molecular formula is C19H11F6N7O. The highest BCUT2D eigenvalue weighted by atomic mass is 19.4. The van der Waals surface area contributed by atoms with E-state index in [1.807, 2.05) is 0 Å². The summed E-state index contributed by atoms with van der Waals surface area (Å²) in [6, 6.07) is 2.23. The van der Waals surface area contributed by atoms with Gasteiger partial charge >= 0.3 is 12.4 Å². The summed E-state index contributed by atoms with van der Waals surface area (Å²) in [7, 11) is 1.21. The second-order valence-corrected chi connectivity index (χ2v) is 6.47. The molecule has 4 heterocycles. The van der Waals surface area contributed by atoms with Crippen LogP contribution < -0.4 is 10.1 Å². The van der Waals surface area contributed by atoms with E-state index in [1.54, 1.807) is 0 Å². The zero-order valence-corrected chi connectivity index (χ0v) is 16.4. The van der Waals surface area contributed by atoms with Gasteiger partial charge in [0.05, 0.1) is 36.3 Å². The van der Waals surface area contributed by atoms with Crippen molar-refractivity contribution in [3.8, 4) is 17.1 Å². The summed E-state index contributed by atoms with van der Waals surface area (Å²) in [6.07, 6.45) is -4.62. The van der Waals surface area contributed by atoms with Gasteiger partial charge in [-0.25, -0.2) is 24.9 Å². The molecule has 8 nitrogen and oxygen atoms in total. The predicted octanol–water partition coefficient (Wildman–Crippen LogP) is 4.67. The number of nitrogens with one attached hydrogen (secondary N) is 1. The average Bonchev–Trinajstić information content (AvgIpc) is 2.77. The number of halogens is 6. The molecule has 0 atom stereocenters. The largest absolute Gasteiger partial charge is 0.495 e. The van der Waals surface area contributed by atoms with Crippen LogP contribution in [0.2, 0.25) is 0 Å². The van der Waals surface area contributed by atoms with Gasteiger partial charge in [0.1, 0.15) is 22.7 Å². The van der Waals surface area contributed by atoms with Gasteiger partial charge in [0.25, 0.3) is 0 Å². The van der Waals surface area contributed by atoms with E-state index in [4.69, 9.17) is 4.74 Å². The maximum atomic E-state index is 13.5. The Kier molecular flexibility index (Phi) is 5.43. The van der Waals surface area contributed by atoms with Crippen LogP contribution in [0.15, 0.2) is 43.1 Å². The topological polar surface area (TPSA) is 98.6 Å². The van der Waals surface area contributed by atoms with Crippen molar-refractivity contribution in [1.82, 2.24) is 29.9 Å². The van der Waals surface area contributed by atoms with Crippen LogP contribution >= 0.6 is 0 Å². The van der Waals surface area contributed by atoms with Crippen LogP contribution in [-0.4, -0.2) is 37.0 Å². The quantitative estimate of drug-likeness (QED) is 0.433. The van der Waals surface area contributed by atoms with Gasteiger partial charge in [-0.15, -0.1) is 0 Å². The lowest BCUT2D eigenvalue weighted by molar-refractivity contribution is -0.138. The first kappa shape index (κ1) is 22.1. The molecule has 1 N–H and O–H groups in total. The van der Waals surface area contributed by atoms with Gasteiger partial charge in [0.2, 0.25) is 5.95 Å². The normalized spacial score (nSPS) is 12.1. The molecule has 0 aliphatic rings. The second-order valence-electron chi connectivity index (χ2n) is 6.47. The molecule has 0 saturated heterocycles. The van der Waals surface area contributed by atoms with Gasteiger partial charge in [-0.3, -0.25) is 4.98 Å². The lowest BCUT2D eigenvalue weighted by Gasteiger charge is -2.13. The third-order valence-corrected chi connectivity index (χ3v) is 4.32. The monoisotopic (exact) mass is 467 g/mol. The summed E-state index contributed by atoms with van der Waals surface area (Å²) < 4.78 is 83.4. The van der Waals surface area contributed by atoms with E-state index in [1.165, 1.54) is 19.4 Å². The summed E-state index contributed by atoms with van der Waals surface area (Å²) in [4.78, 5) is 23.3. The fraction of sp³-hybridized carbons (Fsp3) is 0.158. The fourth-order valence-electron chi connectivity index (χ4n) is 2.77. The van der Waals surface area contributed by atoms with Crippen LogP contribution in [0.5, 0.6) is 5.75 Å². The van der Waals surface area contributed by atoms with Crippen LogP contribution in [0, 0.1) is 0 Å². The molecule has 33 heavy (non-hydrogen) atoms. The minimum Gasteiger partial charge on any atom is -0.495 e. The maximum Gasteiger partial charge on any atom is 0.419 e. The molecule has 0 radical (unpaired) electrons. The van der Waals surface area contributed by atoms with E-state index in [-0.39, 0.29) is 34.2 Å². The molecule has 0 fully saturated rings. The van der Waals surface area contributed by atoms with Crippen molar-refractivity contribution >= 4 is 22.8 Å². The van der Waals surface area contributed by atoms with E-state index in [2.05, 4.69) is 35.2 Å². The molecule has 0 spiro atoms. The molecule has 0 unspecified atom stereocenters. The van der Waals surface area contributed by atoms with Crippen molar-refractivity contribution in [3.63, 3.8) is 0 Å². The first-order valence-corrected chi connectivity index (χ1v) is 8.96. The third kappa shape index (κ3) is 4.58. The highest BCUT2D eigenvalue weighted by Crippen LogP contribution is 2.37. The fourth-order valence-corrected chi connectivity index (χ4v) is 2.77. The molecule has 4 rings (SSSR count). The van der Waals surface area contributed by atoms with Gasteiger partial charge in [-0.2, -0.15) is 26.3 Å². The Bertz CT molecular complexity index is 1310. The summed E-state index contributed by atoms with van der Waals surface area (Å²) in [5.41, 5.74) is -2.41.